The van der Waals surface area contributed by atoms with Crippen molar-refractivity contribution in [2.24, 2.45) is 0 Å². The zero-order valence-corrected chi connectivity index (χ0v) is 30.5. The van der Waals surface area contributed by atoms with Crippen molar-refractivity contribution in [1.82, 2.24) is 0 Å². The van der Waals surface area contributed by atoms with Crippen LogP contribution in [0.25, 0.3) is 39.0 Å². The number of fused-ring (bicyclic) bond motifs is 9. The number of nitrogens with zero attached hydrogens (tertiary/aromatic N) is 1. The second kappa shape index (κ2) is 12.2. The molecular weight excluding hydrogens is 639 g/mol. The van der Waals surface area contributed by atoms with Crippen LogP contribution in [0.3, 0.4) is 0 Å². The van der Waals surface area contributed by atoms with E-state index in [1.807, 2.05) is 0 Å². The highest BCUT2D eigenvalue weighted by molar-refractivity contribution is 5.96. The highest BCUT2D eigenvalue weighted by atomic mass is 15.2. The second-order valence-corrected chi connectivity index (χ2v) is 14.9. The van der Waals surface area contributed by atoms with Gasteiger partial charge in [0.2, 0.25) is 0 Å². The molecule has 1 heteroatoms. The van der Waals surface area contributed by atoms with Crippen LogP contribution in [0.1, 0.15) is 51.8 Å². The van der Waals surface area contributed by atoms with Gasteiger partial charge in [-0.25, -0.2) is 0 Å². The van der Waals surface area contributed by atoms with Crippen LogP contribution in [0.2, 0.25) is 0 Å². The first-order valence-corrected chi connectivity index (χ1v) is 18.9. The fraction of sp³-hybridized carbons (Fsp3) is 0.115. The molecule has 0 saturated carbocycles. The highest BCUT2D eigenvalue weighted by Gasteiger charge is 2.52. The quantitative estimate of drug-likeness (QED) is 0.175. The first kappa shape index (κ1) is 31.5. The average Bonchev–Trinajstić information content (AvgIpc) is 3.67. The summed E-state index contributed by atoms with van der Waals surface area (Å²) in [6.45, 7) is 6.74. The van der Waals surface area contributed by atoms with Gasteiger partial charge < -0.3 is 4.90 Å². The van der Waals surface area contributed by atoms with E-state index in [9.17, 15) is 0 Å². The number of allylic oxidation sites excluding steroid dienone is 4. The third-order valence-corrected chi connectivity index (χ3v) is 12.0. The molecule has 0 atom stereocenters. The first-order chi connectivity index (χ1) is 26.0. The van der Waals surface area contributed by atoms with Gasteiger partial charge in [0.1, 0.15) is 0 Å². The molecule has 3 aliphatic rings. The lowest BCUT2D eigenvalue weighted by Crippen LogP contribution is -2.28. The Balaban J connectivity index is 1.19. The molecule has 0 saturated heterocycles. The highest BCUT2D eigenvalue weighted by Crippen LogP contribution is 2.64. The minimum atomic E-state index is -0.354. The topological polar surface area (TPSA) is 3.24 Å². The van der Waals surface area contributed by atoms with Crippen LogP contribution in [-0.2, 0) is 5.41 Å². The maximum Gasteiger partial charge on any atom is 0.0722 e. The van der Waals surface area contributed by atoms with E-state index in [1.165, 1.54) is 101 Å². The predicted molar refractivity (Wildman–Crippen MR) is 223 cm³/mol. The van der Waals surface area contributed by atoms with E-state index in [-0.39, 0.29) is 5.41 Å². The van der Waals surface area contributed by atoms with Crippen molar-refractivity contribution in [2.75, 3.05) is 4.90 Å². The number of rotatable bonds is 5. The lowest BCUT2D eigenvalue weighted by molar-refractivity contribution is 0.773. The van der Waals surface area contributed by atoms with Crippen LogP contribution in [0.4, 0.5) is 11.4 Å². The number of anilines is 2. The van der Waals surface area contributed by atoms with Crippen LogP contribution in [0, 0.1) is 20.8 Å². The van der Waals surface area contributed by atoms with Crippen molar-refractivity contribution in [3.63, 3.8) is 0 Å². The molecule has 0 radical (unpaired) electrons. The fourth-order valence-electron chi connectivity index (χ4n) is 9.68. The number of benzene rings is 7. The van der Waals surface area contributed by atoms with E-state index >= 15 is 0 Å². The molecule has 0 aliphatic heterocycles. The Hall–Kier alpha value is -6.18. The van der Waals surface area contributed by atoms with Crippen molar-refractivity contribution < 1.29 is 0 Å². The summed E-state index contributed by atoms with van der Waals surface area (Å²) < 4.78 is 0. The Kier molecular flexibility index (Phi) is 7.27. The molecule has 0 unspecified atom stereocenters. The Morgan fingerprint density at radius 3 is 1.68 bits per heavy atom. The third-order valence-electron chi connectivity index (χ3n) is 12.0. The van der Waals surface area contributed by atoms with E-state index in [1.54, 1.807) is 0 Å². The van der Waals surface area contributed by atoms with Crippen molar-refractivity contribution in [3.05, 3.63) is 220 Å². The summed E-state index contributed by atoms with van der Waals surface area (Å²) in [6.07, 6.45) is 4.51. The molecule has 0 fully saturated rings. The first-order valence-electron chi connectivity index (χ1n) is 18.9. The van der Waals surface area contributed by atoms with Crippen LogP contribution >= 0.6 is 0 Å². The molecule has 7 aromatic carbocycles. The van der Waals surface area contributed by atoms with Crippen molar-refractivity contribution >= 4 is 16.9 Å². The monoisotopic (exact) mass is 679 g/mol. The van der Waals surface area contributed by atoms with Gasteiger partial charge in [0.15, 0.2) is 0 Å². The van der Waals surface area contributed by atoms with Gasteiger partial charge in [-0.3, -0.25) is 0 Å². The summed E-state index contributed by atoms with van der Waals surface area (Å²) in [6, 6.07) is 60.9. The van der Waals surface area contributed by atoms with Gasteiger partial charge in [0, 0.05) is 17.1 Å². The minimum Gasteiger partial charge on any atom is -0.314 e. The van der Waals surface area contributed by atoms with E-state index < -0.39 is 0 Å². The second-order valence-electron chi connectivity index (χ2n) is 14.9. The summed E-state index contributed by atoms with van der Waals surface area (Å²) in [7, 11) is 0. The van der Waals surface area contributed by atoms with E-state index in [0.29, 0.717) is 0 Å². The Labute approximate surface area is 313 Å². The molecule has 0 heterocycles. The lowest BCUT2D eigenvalue weighted by Gasteiger charge is -2.36. The molecule has 0 amide bonds. The van der Waals surface area contributed by atoms with Gasteiger partial charge in [0.05, 0.1) is 5.41 Å². The maximum atomic E-state index is 2.58. The number of hydrogen-bond acceptors (Lipinski definition) is 1. The molecular formula is C52H41N. The van der Waals surface area contributed by atoms with Gasteiger partial charge in [-0.2, -0.15) is 0 Å². The largest absolute Gasteiger partial charge is 0.314 e. The summed E-state index contributed by atoms with van der Waals surface area (Å²) in [5.41, 5.74) is 23.5. The van der Waals surface area contributed by atoms with Crippen molar-refractivity contribution in [2.45, 2.75) is 39.0 Å². The number of aryl methyl sites for hydroxylation is 3. The Bertz CT molecular complexity index is 2610. The van der Waals surface area contributed by atoms with Gasteiger partial charge in [0.25, 0.3) is 0 Å². The fourth-order valence-corrected chi connectivity index (χ4v) is 9.68. The SMILES string of the molecule is Cc1ccccc1-c1ccc(N(C2=CC3=C(CC2)c2ccccc2C32c3ccccc3-c3ccccc32)c2ccc(-c3ccccc3)cc2C)cc1C. The molecule has 7 aromatic rings. The van der Waals surface area contributed by atoms with Gasteiger partial charge in [-0.15, -0.1) is 0 Å². The Morgan fingerprint density at radius 1 is 0.434 bits per heavy atom. The predicted octanol–water partition coefficient (Wildman–Crippen LogP) is 13.5. The van der Waals surface area contributed by atoms with Crippen molar-refractivity contribution in [3.8, 4) is 33.4 Å². The zero-order valence-electron chi connectivity index (χ0n) is 30.5. The summed E-state index contributed by atoms with van der Waals surface area (Å²) in [5, 5.41) is 0. The molecule has 0 aromatic heterocycles. The van der Waals surface area contributed by atoms with Gasteiger partial charge in [-0.05, 0) is 147 Å². The smallest absolute Gasteiger partial charge is 0.0722 e. The lowest BCUT2D eigenvalue weighted by atomic mass is 9.69. The molecule has 53 heavy (non-hydrogen) atoms. The zero-order chi connectivity index (χ0) is 35.7. The van der Waals surface area contributed by atoms with Gasteiger partial charge >= 0.3 is 0 Å². The Morgan fingerprint density at radius 2 is 1.02 bits per heavy atom. The normalized spacial score (nSPS) is 14.7. The molecule has 3 aliphatic carbocycles. The molecule has 254 valence electrons. The van der Waals surface area contributed by atoms with Crippen LogP contribution in [0.5, 0.6) is 0 Å². The summed E-state index contributed by atoms with van der Waals surface area (Å²) in [4.78, 5) is 2.56. The molecule has 1 nitrogen and oxygen atoms in total. The third kappa shape index (κ3) is 4.70. The van der Waals surface area contributed by atoms with E-state index in [2.05, 4.69) is 196 Å². The standard InChI is InChI=1S/C52H41N/c1-34-15-7-8-18-41(34)42-28-26-39(32-35(42)2)53(51-30-25-38(31-36(51)3)37-16-5-4-6-17-37)40-27-29-46-45-21-11-14-24-49(45)52(50(46)33-40)47-22-12-9-19-43(47)44-20-10-13-23-48(44)52/h4-26,28,30-33H,27,29H2,1-3H3. The average molecular weight is 680 g/mol. The van der Waals surface area contributed by atoms with Crippen molar-refractivity contribution in [1.29, 1.82) is 0 Å². The molecule has 0 bridgehead atoms. The van der Waals surface area contributed by atoms with E-state index in [4.69, 9.17) is 0 Å². The summed E-state index contributed by atoms with van der Waals surface area (Å²) >= 11 is 0. The van der Waals surface area contributed by atoms with E-state index in [0.717, 1.165) is 12.8 Å². The van der Waals surface area contributed by atoms with Gasteiger partial charge in [-0.1, -0.05) is 140 Å². The molecule has 10 rings (SSSR count). The molecule has 0 N–H and O–H groups in total. The maximum absolute atomic E-state index is 2.58. The summed E-state index contributed by atoms with van der Waals surface area (Å²) in [5.74, 6) is 0. The number of hydrogen-bond donors (Lipinski definition) is 0. The van der Waals surface area contributed by atoms with Crippen LogP contribution < -0.4 is 4.90 Å². The van der Waals surface area contributed by atoms with Crippen LogP contribution in [0.15, 0.2) is 181 Å². The van der Waals surface area contributed by atoms with Crippen LogP contribution in [-0.4, -0.2) is 0 Å². The molecule has 1 spiro atoms. The minimum absolute atomic E-state index is 0.354.